The van der Waals surface area contributed by atoms with Gasteiger partial charge in [-0.2, -0.15) is 0 Å². The Balaban J connectivity index is 1.55. The summed E-state index contributed by atoms with van der Waals surface area (Å²) < 4.78 is 6.08. The van der Waals surface area contributed by atoms with E-state index in [2.05, 4.69) is 19.2 Å². The van der Waals surface area contributed by atoms with Crippen molar-refractivity contribution >= 4 is 0 Å². The van der Waals surface area contributed by atoms with Gasteiger partial charge in [-0.05, 0) is 57.8 Å². The normalized spacial score (nSPS) is 39.1. The molecule has 3 aliphatic carbocycles. The van der Waals surface area contributed by atoms with E-state index < -0.39 is 0 Å². The summed E-state index contributed by atoms with van der Waals surface area (Å²) in [7, 11) is 0. The lowest BCUT2D eigenvalue weighted by Gasteiger charge is -2.59. The molecule has 0 amide bonds. The molecule has 2 unspecified atom stereocenters. The standard InChI is InChI=1S/C19H35NO/c1-3-15-8-10-16(11-9-15)20-17-14-18(21-4-2)19(17)12-6-5-7-13-19/h15-18,20H,3-14H2,1-2H3. The predicted molar refractivity (Wildman–Crippen MR) is 88.5 cm³/mol. The molecular formula is C19H35NO. The first-order valence-electron chi connectivity index (χ1n) is 9.66. The molecule has 0 radical (unpaired) electrons. The zero-order valence-corrected chi connectivity index (χ0v) is 14.2. The molecular weight excluding hydrogens is 258 g/mol. The summed E-state index contributed by atoms with van der Waals surface area (Å²) in [4.78, 5) is 0. The van der Waals surface area contributed by atoms with Crippen molar-refractivity contribution in [2.24, 2.45) is 11.3 Å². The summed E-state index contributed by atoms with van der Waals surface area (Å²) in [6, 6.07) is 1.54. The van der Waals surface area contributed by atoms with Gasteiger partial charge in [-0.15, -0.1) is 0 Å². The third kappa shape index (κ3) is 3.17. The fourth-order valence-electron chi connectivity index (χ4n) is 5.32. The number of nitrogens with one attached hydrogen (secondary N) is 1. The van der Waals surface area contributed by atoms with E-state index in [9.17, 15) is 0 Å². The van der Waals surface area contributed by atoms with E-state index in [4.69, 9.17) is 4.74 Å². The van der Waals surface area contributed by atoms with E-state index in [0.717, 1.165) is 24.6 Å². The minimum absolute atomic E-state index is 0.496. The Bertz CT molecular complexity index is 316. The average Bonchev–Trinajstić information content (AvgIpc) is 2.55. The molecule has 3 rings (SSSR count). The molecule has 21 heavy (non-hydrogen) atoms. The smallest absolute Gasteiger partial charge is 0.0661 e. The van der Waals surface area contributed by atoms with Crippen LogP contribution in [-0.4, -0.2) is 24.8 Å². The summed E-state index contributed by atoms with van der Waals surface area (Å²) in [6.45, 7) is 5.40. The van der Waals surface area contributed by atoms with E-state index in [-0.39, 0.29) is 0 Å². The molecule has 2 heteroatoms. The zero-order chi connectivity index (χ0) is 14.7. The first kappa shape index (κ1) is 15.8. The highest BCUT2D eigenvalue weighted by Crippen LogP contribution is 2.53. The second-order valence-electron chi connectivity index (χ2n) is 7.82. The number of hydrogen-bond donors (Lipinski definition) is 1. The molecule has 3 aliphatic rings. The molecule has 122 valence electrons. The van der Waals surface area contributed by atoms with Crippen LogP contribution >= 0.6 is 0 Å². The van der Waals surface area contributed by atoms with Gasteiger partial charge < -0.3 is 10.1 Å². The molecule has 0 saturated heterocycles. The fraction of sp³-hybridized carbons (Fsp3) is 1.00. The fourth-order valence-corrected chi connectivity index (χ4v) is 5.32. The summed E-state index contributed by atoms with van der Waals surface area (Å²) in [5.74, 6) is 1.00. The van der Waals surface area contributed by atoms with Gasteiger partial charge in [0.05, 0.1) is 6.10 Å². The van der Waals surface area contributed by atoms with Crippen LogP contribution in [0.15, 0.2) is 0 Å². The third-order valence-electron chi connectivity index (χ3n) is 6.80. The van der Waals surface area contributed by atoms with E-state index >= 15 is 0 Å². The Morgan fingerprint density at radius 2 is 1.71 bits per heavy atom. The first-order valence-corrected chi connectivity index (χ1v) is 9.66. The molecule has 0 aliphatic heterocycles. The molecule has 2 nitrogen and oxygen atoms in total. The van der Waals surface area contributed by atoms with Gasteiger partial charge in [0.25, 0.3) is 0 Å². The molecule has 3 fully saturated rings. The van der Waals surface area contributed by atoms with Gasteiger partial charge in [0.15, 0.2) is 0 Å². The Hall–Kier alpha value is -0.0800. The lowest BCUT2D eigenvalue weighted by Crippen LogP contribution is -2.66. The topological polar surface area (TPSA) is 21.3 Å². The van der Waals surface area contributed by atoms with Gasteiger partial charge >= 0.3 is 0 Å². The molecule has 0 aromatic carbocycles. The van der Waals surface area contributed by atoms with Gasteiger partial charge in [0, 0.05) is 24.1 Å². The highest BCUT2D eigenvalue weighted by molar-refractivity contribution is 5.09. The number of hydrogen-bond acceptors (Lipinski definition) is 2. The van der Waals surface area contributed by atoms with Crippen LogP contribution in [0.3, 0.4) is 0 Å². The first-order chi connectivity index (χ1) is 10.3. The van der Waals surface area contributed by atoms with E-state index in [0.29, 0.717) is 11.5 Å². The number of rotatable bonds is 5. The summed E-state index contributed by atoms with van der Waals surface area (Å²) in [6.07, 6.45) is 16.0. The van der Waals surface area contributed by atoms with Crippen LogP contribution in [0.2, 0.25) is 0 Å². The summed E-state index contributed by atoms with van der Waals surface area (Å²) in [5.41, 5.74) is 0.496. The Morgan fingerprint density at radius 1 is 1.00 bits per heavy atom. The quantitative estimate of drug-likeness (QED) is 0.795. The largest absolute Gasteiger partial charge is 0.378 e. The lowest BCUT2D eigenvalue weighted by molar-refractivity contribution is -0.152. The van der Waals surface area contributed by atoms with Crippen molar-refractivity contribution < 1.29 is 4.74 Å². The monoisotopic (exact) mass is 293 g/mol. The van der Waals surface area contributed by atoms with Crippen molar-refractivity contribution in [3.8, 4) is 0 Å². The Kier molecular flexibility index (Phi) is 5.27. The minimum atomic E-state index is 0.496. The molecule has 0 aromatic heterocycles. The average molecular weight is 293 g/mol. The Labute approximate surface area is 131 Å². The van der Waals surface area contributed by atoms with Crippen LogP contribution in [0.25, 0.3) is 0 Å². The molecule has 0 aromatic rings. The van der Waals surface area contributed by atoms with Gasteiger partial charge in [-0.1, -0.05) is 32.6 Å². The summed E-state index contributed by atoms with van der Waals surface area (Å²) >= 11 is 0. The van der Waals surface area contributed by atoms with Gasteiger partial charge in [-0.3, -0.25) is 0 Å². The highest BCUT2D eigenvalue weighted by atomic mass is 16.5. The number of ether oxygens (including phenoxy) is 1. The molecule has 0 heterocycles. The molecule has 1 spiro atoms. The van der Waals surface area contributed by atoms with Gasteiger partial charge in [-0.25, -0.2) is 0 Å². The van der Waals surface area contributed by atoms with Gasteiger partial charge in [0.1, 0.15) is 0 Å². The van der Waals surface area contributed by atoms with E-state index in [1.54, 1.807) is 0 Å². The predicted octanol–water partition coefficient (Wildman–Crippen LogP) is 4.67. The van der Waals surface area contributed by atoms with Crippen molar-refractivity contribution in [3.05, 3.63) is 0 Å². The van der Waals surface area contributed by atoms with Crippen LogP contribution in [0.5, 0.6) is 0 Å². The third-order valence-corrected chi connectivity index (χ3v) is 6.80. The Morgan fingerprint density at radius 3 is 2.33 bits per heavy atom. The van der Waals surface area contributed by atoms with Crippen molar-refractivity contribution in [1.29, 1.82) is 0 Å². The molecule has 3 saturated carbocycles. The van der Waals surface area contributed by atoms with Crippen LogP contribution in [0.1, 0.15) is 84.5 Å². The van der Waals surface area contributed by atoms with Crippen LogP contribution in [-0.2, 0) is 4.74 Å². The van der Waals surface area contributed by atoms with Crippen LogP contribution in [0.4, 0.5) is 0 Å². The second-order valence-corrected chi connectivity index (χ2v) is 7.82. The summed E-state index contributed by atoms with van der Waals surface area (Å²) in [5, 5.41) is 4.07. The van der Waals surface area contributed by atoms with Crippen LogP contribution < -0.4 is 5.32 Å². The van der Waals surface area contributed by atoms with Crippen LogP contribution in [0, 0.1) is 11.3 Å². The maximum atomic E-state index is 6.08. The van der Waals surface area contributed by atoms with Crippen molar-refractivity contribution in [2.75, 3.05) is 6.61 Å². The zero-order valence-electron chi connectivity index (χ0n) is 14.2. The maximum Gasteiger partial charge on any atom is 0.0661 e. The van der Waals surface area contributed by atoms with E-state index in [1.807, 2.05) is 0 Å². The minimum Gasteiger partial charge on any atom is -0.378 e. The molecule has 0 bridgehead atoms. The van der Waals surface area contributed by atoms with Crippen molar-refractivity contribution in [1.82, 2.24) is 5.32 Å². The highest BCUT2D eigenvalue weighted by Gasteiger charge is 2.55. The molecule has 1 N–H and O–H groups in total. The van der Waals surface area contributed by atoms with Gasteiger partial charge in [0.2, 0.25) is 0 Å². The lowest BCUT2D eigenvalue weighted by atomic mass is 9.55. The molecule has 2 atom stereocenters. The van der Waals surface area contributed by atoms with Crippen molar-refractivity contribution in [3.63, 3.8) is 0 Å². The second kappa shape index (κ2) is 7.00. The van der Waals surface area contributed by atoms with E-state index in [1.165, 1.54) is 70.6 Å². The maximum absolute atomic E-state index is 6.08. The SMILES string of the molecule is CCOC1CC(NC2CCC(CC)CC2)C12CCCCC2. The van der Waals surface area contributed by atoms with Crippen molar-refractivity contribution in [2.45, 2.75) is 103 Å².